The summed E-state index contributed by atoms with van der Waals surface area (Å²) in [5.74, 6) is 0. The molecule has 0 aromatic carbocycles. The third-order valence-corrected chi connectivity index (χ3v) is 0.665. The second-order valence-corrected chi connectivity index (χ2v) is 1.32. The molecule has 0 aromatic rings. The van der Waals surface area contributed by atoms with Gasteiger partial charge in [-0.3, -0.25) is 14.9 Å². The summed E-state index contributed by atoms with van der Waals surface area (Å²) in [6.45, 7) is 2.77. The van der Waals surface area contributed by atoms with Crippen molar-refractivity contribution in [2.75, 3.05) is 0 Å². The molecule has 44 valence electrons. The van der Waals surface area contributed by atoms with Crippen molar-refractivity contribution >= 4 is 16.8 Å². The van der Waals surface area contributed by atoms with Gasteiger partial charge in [0.15, 0.2) is 0 Å². The monoisotopic (exact) mass is 135 g/mol. The highest BCUT2D eigenvalue weighted by Gasteiger charge is 2.13. The van der Waals surface area contributed by atoms with Gasteiger partial charge in [0, 0.05) is 0 Å². The first-order valence-corrected chi connectivity index (χ1v) is 1.96. The summed E-state index contributed by atoms with van der Waals surface area (Å²) < 4.78 is 0. The smallest absolute Gasteiger partial charge is 0.268 e. The average Bonchev–Trinajstić information content (AvgIpc) is 1.64. The lowest BCUT2D eigenvalue weighted by molar-refractivity contribution is -0.417. The molecule has 0 aliphatic rings. The van der Waals surface area contributed by atoms with Crippen LogP contribution in [0.2, 0.25) is 0 Å². The fourth-order valence-electron chi connectivity index (χ4n) is 0.0718. The van der Waals surface area contributed by atoms with E-state index in [0.29, 0.717) is 0 Å². The first kappa shape index (κ1) is 7.10. The maximum Gasteiger partial charge on any atom is 0.322 e. The Kier molecular flexibility index (Phi) is 2.15. The van der Waals surface area contributed by atoms with Crippen LogP contribution in [0.4, 0.5) is 0 Å². The van der Waals surface area contributed by atoms with Crippen LogP contribution in [0.15, 0.2) is 12.3 Å². The van der Waals surface area contributed by atoms with Gasteiger partial charge in [-0.15, -0.1) is 0 Å². The zero-order valence-corrected chi connectivity index (χ0v) is 4.51. The van der Waals surface area contributed by atoms with E-state index in [1.54, 1.807) is 0 Å². The maximum absolute atomic E-state index is 9.81. The van der Waals surface area contributed by atoms with Crippen molar-refractivity contribution in [2.24, 2.45) is 0 Å². The van der Waals surface area contributed by atoms with Crippen molar-refractivity contribution in [2.45, 2.75) is 0 Å². The highest BCUT2D eigenvalue weighted by Crippen LogP contribution is 1.95. The van der Waals surface area contributed by atoms with Gasteiger partial charge in [-0.05, 0) is 18.2 Å². The number of allylic oxidation sites excluding steroid dienone is 1. The van der Waals surface area contributed by atoms with Gasteiger partial charge < -0.3 is 0 Å². The van der Waals surface area contributed by atoms with Crippen LogP contribution in [-0.4, -0.2) is 10.2 Å². The van der Waals surface area contributed by atoms with E-state index in [0.717, 1.165) is 0 Å². The number of hydrogen-bond acceptors (Lipinski definition) is 3. The summed E-state index contributed by atoms with van der Waals surface area (Å²) in [5, 5.41) is 8.41. The quantitative estimate of drug-likeness (QED) is 0.240. The van der Waals surface area contributed by atoms with Gasteiger partial charge in [0.05, 0.1) is 4.92 Å². The standard InChI is InChI=1S/C3H2ClNO3/c1-2(3(4)6)5(7)8/h1H2. The van der Waals surface area contributed by atoms with Crippen LogP contribution in [0.5, 0.6) is 0 Å². The lowest BCUT2D eigenvalue weighted by atomic mass is 10.6. The van der Waals surface area contributed by atoms with Crippen LogP contribution >= 0.6 is 11.6 Å². The fourth-order valence-corrected chi connectivity index (χ4v) is 0.141. The van der Waals surface area contributed by atoms with Crippen molar-refractivity contribution < 1.29 is 9.72 Å². The van der Waals surface area contributed by atoms with E-state index in [9.17, 15) is 14.9 Å². The summed E-state index contributed by atoms with van der Waals surface area (Å²) in [6.07, 6.45) is 0. The van der Waals surface area contributed by atoms with E-state index < -0.39 is 15.9 Å². The zero-order valence-electron chi connectivity index (χ0n) is 3.76. The van der Waals surface area contributed by atoms with Gasteiger partial charge in [0.2, 0.25) is 0 Å². The molecule has 0 saturated heterocycles. The molecule has 4 nitrogen and oxygen atoms in total. The predicted octanol–water partition coefficient (Wildman–Crippen LogP) is 0.542. The van der Waals surface area contributed by atoms with Crippen LogP contribution in [0, 0.1) is 10.1 Å². The summed E-state index contributed by atoms with van der Waals surface area (Å²) in [5.41, 5.74) is -0.799. The summed E-state index contributed by atoms with van der Waals surface area (Å²) >= 11 is 4.64. The van der Waals surface area contributed by atoms with Crippen molar-refractivity contribution in [3.8, 4) is 0 Å². The third kappa shape index (κ3) is 1.70. The molecule has 0 radical (unpaired) electrons. The number of rotatable bonds is 2. The Bertz CT molecular complexity index is 137. The van der Waals surface area contributed by atoms with Crippen molar-refractivity contribution in [1.82, 2.24) is 0 Å². The maximum atomic E-state index is 9.81. The lowest BCUT2D eigenvalue weighted by Gasteiger charge is -1.82. The molecular weight excluding hydrogens is 133 g/mol. The summed E-state index contributed by atoms with van der Waals surface area (Å²) in [6, 6.07) is 0. The van der Waals surface area contributed by atoms with E-state index in [1.807, 2.05) is 0 Å². The second kappa shape index (κ2) is 2.42. The molecule has 0 bridgehead atoms. The number of carbonyl (C=O) groups excluding carboxylic acids is 1. The molecule has 0 unspecified atom stereocenters. The van der Waals surface area contributed by atoms with E-state index in [-0.39, 0.29) is 0 Å². The van der Waals surface area contributed by atoms with Crippen LogP contribution in [0.25, 0.3) is 0 Å². The van der Waals surface area contributed by atoms with Gasteiger partial charge in [-0.2, -0.15) is 0 Å². The Hall–Kier alpha value is -0.900. The number of halogens is 1. The fraction of sp³-hybridized carbons (Fsp3) is 0. The molecule has 0 amide bonds. The molecule has 8 heavy (non-hydrogen) atoms. The lowest BCUT2D eigenvalue weighted by Crippen LogP contribution is -2.02. The van der Waals surface area contributed by atoms with Crippen molar-refractivity contribution in [1.29, 1.82) is 0 Å². The molecule has 5 heteroatoms. The van der Waals surface area contributed by atoms with Gasteiger partial charge in [-0.1, -0.05) is 0 Å². The third-order valence-electron chi connectivity index (χ3n) is 0.447. The topological polar surface area (TPSA) is 60.2 Å². The molecule has 0 aliphatic heterocycles. The molecule has 0 rings (SSSR count). The number of nitro groups is 1. The van der Waals surface area contributed by atoms with Crippen LogP contribution in [-0.2, 0) is 4.79 Å². The number of nitrogens with zero attached hydrogens (tertiary/aromatic N) is 1. The first-order valence-electron chi connectivity index (χ1n) is 1.59. The normalized spacial score (nSPS) is 8.12. The summed E-state index contributed by atoms with van der Waals surface area (Å²) in [4.78, 5) is 18.4. The highest BCUT2D eigenvalue weighted by molar-refractivity contribution is 6.67. The Morgan fingerprint density at radius 1 is 1.75 bits per heavy atom. The molecule has 0 N–H and O–H groups in total. The van der Waals surface area contributed by atoms with E-state index in [2.05, 4.69) is 18.2 Å². The summed E-state index contributed by atoms with van der Waals surface area (Å²) in [7, 11) is 0. The Morgan fingerprint density at radius 2 is 2.12 bits per heavy atom. The molecule has 0 aliphatic carbocycles. The van der Waals surface area contributed by atoms with Gasteiger partial charge in [0.1, 0.15) is 0 Å². The molecule has 0 fully saturated rings. The molecular formula is C3H2ClNO3. The second-order valence-electron chi connectivity index (χ2n) is 0.978. The van der Waals surface area contributed by atoms with Gasteiger partial charge >= 0.3 is 10.9 Å². The van der Waals surface area contributed by atoms with Crippen LogP contribution in [0.1, 0.15) is 0 Å². The minimum atomic E-state index is -1.13. The Morgan fingerprint density at radius 3 is 2.12 bits per heavy atom. The van der Waals surface area contributed by atoms with Crippen molar-refractivity contribution in [3.05, 3.63) is 22.4 Å². The Labute approximate surface area is 49.9 Å². The average molecular weight is 136 g/mol. The predicted molar refractivity (Wildman–Crippen MR) is 27.0 cm³/mol. The molecule has 0 aromatic heterocycles. The highest BCUT2D eigenvalue weighted by atomic mass is 35.5. The van der Waals surface area contributed by atoms with Crippen molar-refractivity contribution in [3.63, 3.8) is 0 Å². The minimum absolute atomic E-state index is 0.799. The molecule has 0 saturated carbocycles. The van der Waals surface area contributed by atoms with Crippen LogP contribution in [0.3, 0.4) is 0 Å². The minimum Gasteiger partial charge on any atom is -0.268 e. The molecule has 0 spiro atoms. The van der Waals surface area contributed by atoms with Gasteiger partial charge in [-0.25, -0.2) is 0 Å². The molecule has 0 heterocycles. The number of hydrogen-bond donors (Lipinski definition) is 0. The Balaban J connectivity index is 4.05. The first-order chi connectivity index (χ1) is 3.55. The zero-order chi connectivity index (χ0) is 6.73. The van der Waals surface area contributed by atoms with E-state index >= 15 is 0 Å². The largest absolute Gasteiger partial charge is 0.322 e. The SMILES string of the molecule is C=C(C(=O)Cl)[N+](=O)[O-]. The van der Waals surface area contributed by atoms with E-state index in [4.69, 9.17) is 0 Å². The molecule has 0 atom stereocenters. The van der Waals surface area contributed by atoms with Gasteiger partial charge in [0.25, 0.3) is 0 Å². The van der Waals surface area contributed by atoms with E-state index in [1.165, 1.54) is 0 Å². The van der Waals surface area contributed by atoms with Crippen LogP contribution < -0.4 is 0 Å². The number of carbonyl (C=O) groups is 1.